The molecule has 0 aliphatic carbocycles. The summed E-state index contributed by atoms with van der Waals surface area (Å²) in [5, 5.41) is 6.32. The van der Waals surface area contributed by atoms with E-state index in [9.17, 15) is 0 Å². The molecule has 0 bridgehead atoms. The van der Waals surface area contributed by atoms with Crippen molar-refractivity contribution in [3.8, 4) is 11.3 Å². The quantitative estimate of drug-likeness (QED) is 0.411. The molecule has 0 aliphatic rings. The van der Waals surface area contributed by atoms with Crippen LogP contribution in [-0.4, -0.2) is 19.9 Å². The van der Waals surface area contributed by atoms with Crippen LogP contribution in [-0.2, 0) is 0 Å². The minimum absolute atomic E-state index is 0.533. The van der Waals surface area contributed by atoms with E-state index in [1.807, 2.05) is 54.2 Å². The molecule has 7 heteroatoms. The molecular formula is C19H14N6S. The molecule has 5 aromatic rings. The molecule has 0 spiro atoms. The number of H-pyrrole nitrogens is 1. The molecule has 26 heavy (non-hydrogen) atoms. The summed E-state index contributed by atoms with van der Waals surface area (Å²) in [6.45, 7) is 0. The van der Waals surface area contributed by atoms with Gasteiger partial charge >= 0.3 is 0 Å². The number of rotatable bonds is 3. The van der Waals surface area contributed by atoms with Crippen molar-refractivity contribution in [3.63, 3.8) is 0 Å². The molecule has 0 saturated heterocycles. The van der Waals surface area contributed by atoms with Crippen LogP contribution in [0.1, 0.15) is 0 Å². The van der Waals surface area contributed by atoms with Crippen LogP contribution in [0.3, 0.4) is 0 Å². The zero-order valence-electron chi connectivity index (χ0n) is 13.6. The largest absolute Gasteiger partial charge is 0.399 e. The van der Waals surface area contributed by atoms with Crippen molar-refractivity contribution in [2.75, 3.05) is 11.1 Å². The minimum Gasteiger partial charge on any atom is -0.399 e. The van der Waals surface area contributed by atoms with Gasteiger partial charge in [0.2, 0.25) is 5.95 Å². The van der Waals surface area contributed by atoms with E-state index in [1.165, 1.54) is 0 Å². The molecule has 0 unspecified atom stereocenters. The number of thiophene rings is 1. The molecule has 4 aromatic heterocycles. The van der Waals surface area contributed by atoms with Gasteiger partial charge in [0.25, 0.3) is 0 Å². The molecule has 5 rings (SSSR count). The van der Waals surface area contributed by atoms with Gasteiger partial charge in [-0.1, -0.05) is 6.07 Å². The number of fused-ring (bicyclic) bond motifs is 2. The molecular weight excluding hydrogens is 344 g/mol. The Morgan fingerprint density at radius 3 is 2.96 bits per heavy atom. The van der Waals surface area contributed by atoms with E-state index in [-0.39, 0.29) is 0 Å². The number of pyridine rings is 1. The van der Waals surface area contributed by atoms with E-state index >= 15 is 0 Å². The first-order valence-electron chi connectivity index (χ1n) is 8.07. The second-order valence-corrected chi connectivity index (χ2v) is 6.84. The van der Waals surface area contributed by atoms with Crippen LogP contribution in [0.4, 0.5) is 17.3 Å². The Bertz CT molecular complexity index is 1240. The topological polar surface area (TPSA) is 92.5 Å². The number of nitrogens with zero attached hydrogens (tertiary/aromatic N) is 3. The lowest BCUT2D eigenvalue weighted by Crippen LogP contribution is -1.99. The van der Waals surface area contributed by atoms with Crippen molar-refractivity contribution in [1.29, 1.82) is 0 Å². The first-order valence-corrected chi connectivity index (χ1v) is 8.95. The summed E-state index contributed by atoms with van der Waals surface area (Å²) < 4.78 is 1.04. The molecule has 0 amide bonds. The van der Waals surface area contributed by atoms with Crippen molar-refractivity contribution >= 4 is 49.9 Å². The van der Waals surface area contributed by atoms with Gasteiger partial charge in [-0.15, -0.1) is 11.3 Å². The highest BCUT2D eigenvalue weighted by Gasteiger charge is 2.13. The maximum atomic E-state index is 5.86. The third-order valence-corrected chi connectivity index (χ3v) is 5.03. The zero-order valence-corrected chi connectivity index (χ0v) is 14.4. The lowest BCUT2D eigenvalue weighted by Gasteiger charge is -2.09. The van der Waals surface area contributed by atoms with E-state index in [2.05, 4.69) is 26.3 Å². The molecule has 0 fully saturated rings. The Labute approximate surface area is 152 Å². The first-order chi connectivity index (χ1) is 12.8. The number of hydrogen-bond acceptors (Lipinski definition) is 6. The summed E-state index contributed by atoms with van der Waals surface area (Å²) in [5.74, 6) is 0.533. The highest BCUT2D eigenvalue weighted by atomic mass is 32.1. The second-order valence-electron chi connectivity index (χ2n) is 5.92. The summed E-state index contributed by atoms with van der Waals surface area (Å²) in [4.78, 5) is 17.0. The molecule has 6 nitrogen and oxygen atoms in total. The summed E-state index contributed by atoms with van der Waals surface area (Å²) in [7, 11) is 0. The fraction of sp³-hybridized carbons (Fsp3) is 0. The number of aromatic amines is 1. The van der Waals surface area contributed by atoms with Crippen LogP contribution in [0.5, 0.6) is 0 Å². The van der Waals surface area contributed by atoms with Crippen LogP contribution >= 0.6 is 11.3 Å². The SMILES string of the molecule is Nc1cccc(Nc2nc(-c3cnc4[nH]ccc4c3)c3sccc3n2)c1. The number of hydrogen-bond donors (Lipinski definition) is 3. The van der Waals surface area contributed by atoms with Gasteiger partial charge in [-0.2, -0.15) is 0 Å². The summed E-state index contributed by atoms with van der Waals surface area (Å²) in [6.07, 6.45) is 3.72. The lowest BCUT2D eigenvalue weighted by molar-refractivity contribution is 1.22. The average molecular weight is 358 g/mol. The molecule has 0 aliphatic heterocycles. The maximum Gasteiger partial charge on any atom is 0.228 e. The van der Waals surface area contributed by atoms with Crippen molar-refractivity contribution in [3.05, 3.63) is 60.2 Å². The van der Waals surface area contributed by atoms with Gasteiger partial charge in [-0.05, 0) is 41.8 Å². The van der Waals surface area contributed by atoms with Crippen molar-refractivity contribution < 1.29 is 0 Å². The number of benzene rings is 1. The molecule has 4 N–H and O–H groups in total. The molecule has 0 atom stereocenters. The van der Waals surface area contributed by atoms with Gasteiger partial charge < -0.3 is 16.0 Å². The van der Waals surface area contributed by atoms with Crippen LogP contribution < -0.4 is 11.1 Å². The van der Waals surface area contributed by atoms with Gasteiger partial charge in [0.15, 0.2) is 0 Å². The van der Waals surface area contributed by atoms with Crippen molar-refractivity contribution in [2.45, 2.75) is 0 Å². The van der Waals surface area contributed by atoms with Crippen molar-refractivity contribution in [1.82, 2.24) is 19.9 Å². The highest BCUT2D eigenvalue weighted by molar-refractivity contribution is 7.17. The Hall–Kier alpha value is -3.45. The Morgan fingerprint density at radius 2 is 2.04 bits per heavy atom. The van der Waals surface area contributed by atoms with Crippen LogP contribution in [0.25, 0.3) is 32.5 Å². The first kappa shape index (κ1) is 14.9. The summed E-state index contributed by atoms with van der Waals surface area (Å²) in [5.41, 5.74) is 11.0. The molecule has 4 heterocycles. The predicted octanol–water partition coefficient (Wildman–Crippen LogP) is 4.56. The van der Waals surface area contributed by atoms with Crippen LogP contribution in [0.2, 0.25) is 0 Å². The van der Waals surface area contributed by atoms with Gasteiger partial charge in [0.1, 0.15) is 5.65 Å². The number of nitrogens with two attached hydrogens (primary N) is 1. The number of anilines is 3. The average Bonchev–Trinajstić information content (AvgIpc) is 3.29. The lowest BCUT2D eigenvalue weighted by atomic mass is 10.1. The number of aromatic nitrogens is 4. The smallest absolute Gasteiger partial charge is 0.228 e. The molecule has 1 aromatic carbocycles. The minimum atomic E-state index is 0.533. The highest BCUT2D eigenvalue weighted by Crippen LogP contribution is 2.32. The normalized spacial score (nSPS) is 11.2. The van der Waals surface area contributed by atoms with E-state index < -0.39 is 0 Å². The van der Waals surface area contributed by atoms with Gasteiger partial charge in [-0.3, -0.25) is 0 Å². The second kappa shape index (κ2) is 5.82. The Balaban J connectivity index is 1.65. The summed E-state index contributed by atoms with van der Waals surface area (Å²) >= 11 is 1.63. The molecule has 0 radical (unpaired) electrons. The van der Waals surface area contributed by atoms with Crippen molar-refractivity contribution in [2.24, 2.45) is 0 Å². The molecule has 126 valence electrons. The third-order valence-electron chi connectivity index (χ3n) is 4.12. The zero-order chi connectivity index (χ0) is 17.5. The van der Waals surface area contributed by atoms with Crippen LogP contribution in [0.15, 0.2) is 60.2 Å². The fourth-order valence-corrected chi connectivity index (χ4v) is 3.77. The van der Waals surface area contributed by atoms with Crippen LogP contribution in [0, 0.1) is 0 Å². The predicted molar refractivity (Wildman–Crippen MR) is 107 cm³/mol. The van der Waals surface area contributed by atoms with E-state index in [1.54, 1.807) is 11.3 Å². The monoisotopic (exact) mass is 358 g/mol. The fourth-order valence-electron chi connectivity index (χ4n) is 2.93. The standard InChI is InChI=1S/C19H14N6S/c20-13-2-1-3-14(9-13)23-19-24-15-5-7-26-17(15)16(25-19)12-8-11-4-6-21-18(11)22-10-12/h1-10H,20H2,(H,21,22)(H,23,24,25). The number of nitrogens with one attached hydrogen (secondary N) is 2. The van der Waals surface area contributed by atoms with Gasteiger partial charge in [0.05, 0.1) is 15.9 Å². The van der Waals surface area contributed by atoms with E-state index in [4.69, 9.17) is 10.7 Å². The number of nitrogen functional groups attached to an aromatic ring is 1. The van der Waals surface area contributed by atoms with Gasteiger partial charge in [0, 0.05) is 34.7 Å². The Morgan fingerprint density at radius 1 is 1.08 bits per heavy atom. The van der Waals surface area contributed by atoms with Gasteiger partial charge in [-0.25, -0.2) is 15.0 Å². The summed E-state index contributed by atoms with van der Waals surface area (Å²) in [6, 6.07) is 13.6. The van der Waals surface area contributed by atoms with E-state index in [0.717, 1.165) is 38.2 Å². The third kappa shape index (κ3) is 2.55. The maximum absolute atomic E-state index is 5.86. The Kier molecular flexibility index (Phi) is 3.32. The molecule has 0 saturated carbocycles. The van der Waals surface area contributed by atoms with E-state index in [0.29, 0.717) is 11.6 Å².